The average Bonchev–Trinajstić information content (AvgIpc) is 3.50. The molecule has 2 fully saturated rings. The Bertz CT molecular complexity index is 1140. The van der Waals surface area contributed by atoms with Crippen LogP contribution in [-0.2, 0) is 19.1 Å². The molecule has 1 spiro atoms. The predicted octanol–water partition coefficient (Wildman–Crippen LogP) is 0.129. The Balaban J connectivity index is 1.22. The number of amides is 1. The van der Waals surface area contributed by atoms with E-state index >= 15 is 0 Å². The zero-order chi connectivity index (χ0) is 23.9. The van der Waals surface area contributed by atoms with E-state index in [0.29, 0.717) is 60.8 Å². The van der Waals surface area contributed by atoms with E-state index in [0.717, 1.165) is 0 Å². The maximum atomic E-state index is 13.5. The van der Waals surface area contributed by atoms with Gasteiger partial charge in [0.1, 0.15) is 12.9 Å². The molecule has 178 valence electrons. The van der Waals surface area contributed by atoms with E-state index in [1.807, 2.05) is 0 Å². The van der Waals surface area contributed by atoms with Crippen LogP contribution >= 0.6 is 0 Å². The summed E-state index contributed by atoms with van der Waals surface area (Å²) < 4.78 is 12.5. The van der Waals surface area contributed by atoms with Crippen molar-refractivity contribution in [3.63, 3.8) is 0 Å². The van der Waals surface area contributed by atoms with Crippen molar-refractivity contribution in [1.82, 2.24) is 35.0 Å². The highest BCUT2D eigenvalue weighted by Gasteiger charge is 2.50. The van der Waals surface area contributed by atoms with Crippen molar-refractivity contribution in [3.05, 3.63) is 53.8 Å². The van der Waals surface area contributed by atoms with Crippen LogP contribution in [-0.4, -0.2) is 90.4 Å². The first-order valence-corrected chi connectivity index (χ1v) is 11.0. The summed E-state index contributed by atoms with van der Waals surface area (Å²) in [6, 6.07) is 3.53. The SMILES string of the molecule is C=C1COC2(CCN(CC(O)c3ccc(-n4cnnn4)nc3)CC2)C(=O)N1C1=C(C)C(=O)OC1. The molecule has 1 amide bonds. The topological polar surface area (TPSA) is 136 Å². The Hall–Kier alpha value is -3.48. The van der Waals surface area contributed by atoms with E-state index in [1.54, 1.807) is 25.3 Å². The first kappa shape index (κ1) is 22.3. The summed E-state index contributed by atoms with van der Waals surface area (Å²) in [5.41, 5.74) is 1.16. The molecule has 0 radical (unpaired) electrons. The van der Waals surface area contributed by atoms with Crippen molar-refractivity contribution < 1.29 is 24.2 Å². The van der Waals surface area contributed by atoms with Crippen molar-refractivity contribution in [1.29, 1.82) is 0 Å². The van der Waals surface area contributed by atoms with Crippen LogP contribution in [0.5, 0.6) is 0 Å². The number of carbonyl (C=O) groups is 2. The average molecular weight is 467 g/mol. The first-order chi connectivity index (χ1) is 16.4. The molecule has 5 heterocycles. The Kier molecular flexibility index (Phi) is 5.71. The Morgan fingerprint density at radius 3 is 2.65 bits per heavy atom. The number of hydrogen-bond donors (Lipinski definition) is 1. The van der Waals surface area contributed by atoms with E-state index in [9.17, 15) is 14.7 Å². The fourth-order valence-electron chi connectivity index (χ4n) is 4.51. The number of ether oxygens (including phenoxy) is 2. The number of hydrogen-bond acceptors (Lipinski definition) is 10. The van der Waals surface area contributed by atoms with Gasteiger partial charge in [-0.15, -0.1) is 5.10 Å². The number of aliphatic hydroxyl groups excluding tert-OH is 1. The molecule has 12 nitrogen and oxygen atoms in total. The van der Waals surface area contributed by atoms with Crippen LogP contribution in [0.1, 0.15) is 31.4 Å². The lowest BCUT2D eigenvalue weighted by Crippen LogP contribution is -2.59. The summed E-state index contributed by atoms with van der Waals surface area (Å²) in [5.74, 6) is -0.0703. The highest BCUT2D eigenvalue weighted by Crippen LogP contribution is 2.37. The molecule has 0 aliphatic carbocycles. The summed E-state index contributed by atoms with van der Waals surface area (Å²) in [7, 11) is 0. The molecule has 1 N–H and O–H groups in total. The number of cyclic esters (lactones) is 1. The van der Waals surface area contributed by atoms with Crippen molar-refractivity contribution in [2.24, 2.45) is 0 Å². The molecule has 3 aliphatic rings. The third-order valence-corrected chi connectivity index (χ3v) is 6.61. The molecule has 3 aliphatic heterocycles. The fourth-order valence-corrected chi connectivity index (χ4v) is 4.51. The number of β-amino-alcohol motifs (C(OH)–C–C–N with tert-alkyl or cyclic N) is 1. The molecule has 0 saturated carbocycles. The van der Waals surface area contributed by atoms with Crippen LogP contribution in [0.4, 0.5) is 0 Å². The van der Waals surface area contributed by atoms with Crippen LogP contribution in [0.15, 0.2) is 48.2 Å². The van der Waals surface area contributed by atoms with Gasteiger partial charge in [0.15, 0.2) is 11.4 Å². The lowest BCUT2D eigenvalue weighted by Gasteiger charge is -2.47. The number of carbonyl (C=O) groups excluding carboxylic acids is 2. The number of nitrogens with zero attached hydrogens (tertiary/aromatic N) is 7. The Morgan fingerprint density at radius 1 is 1.24 bits per heavy atom. The zero-order valence-corrected chi connectivity index (χ0v) is 18.8. The highest BCUT2D eigenvalue weighted by molar-refractivity contribution is 5.95. The van der Waals surface area contributed by atoms with Crippen LogP contribution in [0.3, 0.4) is 0 Å². The van der Waals surface area contributed by atoms with Gasteiger partial charge < -0.3 is 19.5 Å². The summed E-state index contributed by atoms with van der Waals surface area (Å²) in [5, 5.41) is 21.7. The summed E-state index contributed by atoms with van der Waals surface area (Å²) in [6.45, 7) is 7.43. The molecule has 0 aromatic carbocycles. The van der Waals surface area contributed by atoms with Crippen molar-refractivity contribution >= 4 is 11.9 Å². The normalized spacial score (nSPS) is 21.9. The van der Waals surface area contributed by atoms with E-state index in [2.05, 4.69) is 32.0 Å². The molecule has 12 heteroatoms. The minimum atomic E-state index is -0.976. The molecule has 1 atom stereocenters. The number of aliphatic hydroxyl groups is 1. The van der Waals surface area contributed by atoms with Gasteiger partial charge in [-0.05, 0) is 36.3 Å². The molecule has 1 unspecified atom stereocenters. The summed E-state index contributed by atoms with van der Waals surface area (Å²) in [6.07, 6.45) is 3.26. The number of piperidine rings is 1. The van der Waals surface area contributed by atoms with Crippen molar-refractivity contribution in [2.75, 3.05) is 32.8 Å². The summed E-state index contributed by atoms with van der Waals surface area (Å²) >= 11 is 0. The number of esters is 1. The summed E-state index contributed by atoms with van der Waals surface area (Å²) in [4.78, 5) is 33.2. The molecule has 2 aromatic rings. The Morgan fingerprint density at radius 2 is 2.03 bits per heavy atom. The number of tetrazole rings is 1. The van der Waals surface area contributed by atoms with Crippen molar-refractivity contribution in [3.8, 4) is 5.82 Å². The van der Waals surface area contributed by atoms with Gasteiger partial charge in [-0.1, -0.05) is 12.6 Å². The van der Waals surface area contributed by atoms with Crippen LogP contribution in [0, 0.1) is 0 Å². The molecule has 2 aromatic heterocycles. The standard InChI is InChI=1S/C22H25N7O5/c1-14-11-34-22(21(32)29(14)17-12-33-20(31)15(17)2)5-7-27(8-6-22)10-18(30)16-3-4-19(23-9-16)28-13-24-25-26-28/h3-4,9,13,18,30H,1,5-8,10-12H2,2H3. The Labute approximate surface area is 195 Å². The quantitative estimate of drug-likeness (QED) is 0.604. The van der Waals surface area contributed by atoms with Gasteiger partial charge >= 0.3 is 5.97 Å². The first-order valence-electron chi connectivity index (χ1n) is 11.0. The highest BCUT2D eigenvalue weighted by atomic mass is 16.5. The van der Waals surface area contributed by atoms with Gasteiger partial charge in [-0.3, -0.25) is 9.69 Å². The second-order valence-electron chi connectivity index (χ2n) is 8.66. The number of likely N-dealkylation sites (tertiary alicyclic amines) is 1. The van der Waals surface area contributed by atoms with Gasteiger partial charge in [0.05, 0.1) is 24.0 Å². The molecular formula is C22H25N7O5. The molecule has 5 rings (SSSR count). The molecular weight excluding hydrogens is 442 g/mol. The van der Waals surface area contributed by atoms with E-state index < -0.39 is 17.7 Å². The number of rotatable bonds is 5. The lowest BCUT2D eigenvalue weighted by molar-refractivity contribution is -0.171. The van der Waals surface area contributed by atoms with Gasteiger partial charge in [-0.2, -0.15) is 4.68 Å². The molecule has 0 bridgehead atoms. The maximum Gasteiger partial charge on any atom is 0.336 e. The van der Waals surface area contributed by atoms with Crippen LogP contribution in [0.25, 0.3) is 5.82 Å². The minimum absolute atomic E-state index is 0.0596. The van der Waals surface area contributed by atoms with Gasteiger partial charge in [0, 0.05) is 37.1 Å². The van der Waals surface area contributed by atoms with E-state index in [1.165, 1.54) is 15.9 Å². The van der Waals surface area contributed by atoms with E-state index in [4.69, 9.17) is 9.47 Å². The number of aromatic nitrogens is 5. The van der Waals surface area contributed by atoms with Crippen molar-refractivity contribution in [2.45, 2.75) is 31.5 Å². The third-order valence-electron chi connectivity index (χ3n) is 6.61. The van der Waals surface area contributed by atoms with E-state index in [-0.39, 0.29) is 19.1 Å². The van der Waals surface area contributed by atoms with Gasteiger partial charge in [0.25, 0.3) is 5.91 Å². The van der Waals surface area contributed by atoms with Gasteiger partial charge in [-0.25, -0.2) is 9.78 Å². The second kappa shape index (κ2) is 8.70. The predicted molar refractivity (Wildman–Crippen MR) is 116 cm³/mol. The largest absolute Gasteiger partial charge is 0.456 e. The monoisotopic (exact) mass is 467 g/mol. The second-order valence-corrected chi connectivity index (χ2v) is 8.66. The lowest BCUT2D eigenvalue weighted by atomic mass is 9.87. The number of pyridine rings is 1. The fraction of sp³-hybridized carbons (Fsp3) is 0.455. The smallest absolute Gasteiger partial charge is 0.336 e. The zero-order valence-electron chi connectivity index (χ0n) is 18.8. The molecule has 34 heavy (non-hydrogen) atoms. The minimum Gasteiger partial charge on any atom is -0.456 e. The van der Waals surface area contributed by atoms with Crippen LogP contribution < -0.4 is 0 Å². The maximum absolute atomic E-state index is 13.5. The third kappa shape index (κ3) is 3.89. The van der Waals surface area contributed by atoms with Crippen LogP contribution in [0.2, 0.25) is 0 Å². The number of morpholine rings is 1. The molecule has 2 saturated heterocycles. The van der Waals surface area contributed by atoms with Gasteiger partial charge in [0.2, 0.25) is 0 Å².